The number of hydrogen-bond acceptors (Lipinski definition) is 7. The zero-order valence-electron chi connectivity index (χ0n) is 30.4. The van der Waals surface area contributed by atoms with Crippen molar-refractivity contribution in [2.24, 2.45) is 0 Å². The molecule has 2 aromatic heterocycles. The number of benzene rings is 5. The Morgan fingerprint density at radius 1 is 0.610 bits per heavy atom. The van der Waals surface area contributed by atoms with Crippen LogP contribution in [0.3, 0.4) is 0 Å². The van der Waals surface area contributed by atoms with Crippen LogP contribution in [-0.4, -0.2) is 48.0 Å². The Balaban J connectivity index is 0.000000208. The molecule has 0 amide bonds. The van der Waals surface area contributed by atoms with Gasteiger partial charge in [0, 0.05) is 71.6 Å². The third-order valence-corrected chi connectivity index (χ3v) is 9.47. The van der Waals surface area contributed by atoms with Gasteiger partial charge in [-0.25, -0.2) is 0 Å². The number of hydrogen-bond donors (Lipinski definition) is 1. The molecular weight excluding hydrogens is 786 g/mol. The predicted molar refractivity (Wildman–Crippen MR) is 204 cm³/mol. The molecule has 0 aliphatic heterocycles. The molecule has 5 aromatic carbocycles. The summed E-state index contributed by atoms with van der Waals surface area (Å²) in [6.45, 7) is 0.294. The second kappa shape index (κ2) is 16.4. The fraction of sp³-hybridized carbons (Fsp3) is 0.143. The number of non-ortho nitro benzene ring substituents is 2. The van der Waals surface area contributed by atoms with Crippen LogP contribution in [0.4, 0.5) is 37.7 Å². The summed E-state index contributed by atoms with van der Waals surface area (Å²) < 4.78 is 84.3. The van der Waals surface area contributed by atoms with Crippen molar-refractivity contribution >= 4 is 44.7 Å². The zero-order chi connectivity index (χ0) is 42.7. The van der Waals surface area contributed by atoms with Crippen LogP contribution in [0.25, 0.3) is 21.8 Å². The highest BCUT2D eigenvalue weighted by atomic mass is 19.4. The number of carbonyl (C=O) groups excluding carboxylic acids is 2. The number of alkyl halides is 6. The molecule has 1 atom stereocenters. The van der Waals surface area contributed by atoms with Gasteiger partial charge in [-0.15, -0.1) is 0 Å². The molecule has 0 aliphatic carbocycles. The van der Waals surface area contributed by atoms with Crippen molar-refractivity contribution in [2.45, 2.75) is 37.5 Å². The van der Waals surface area contributed by atoms with Crippen molar-refractivity contribution in [2.75, 3.05) is 0 Å². The van der Waals surface area contributed by atoms with Gasteiger partial charge in [-0.3, -0.25) is 29.8 Å². The number of aliphatic hydroxyl groups is 1. The molecule has 0 radical (unpaired) electrons. The Bertz CT molecular complexity index is 2680. The lowest BCUT2D eigenvalue weighted by atomic mass is 9.86. The summed E-state index contributed by atoms with van der Waals surface area (Å²) in [4.78, 5) is 45.4. The van der Waals surface area contributed by atoms with Crippen LogP contribution in [0.2, 0.25) is 0 Å². The van der Waals surface area contributed by atoms with Gasteiger partial charge in [-0.1, -0.05) is 91.0 Å². The molecule has 11 nitrogen and oxygen atoms in total. The van der Waals surface area contributed by atoms with E-state index in [9.17, 15) is 61.3 Å². The van der Waals surface area contributed by atoms with Gasteiger partial charge >= 0.3 is 12.4 Å². The molecular formula is C42H30F6N4O7. The standard InChI is InChI=1S/C25H19F3N2O4.C17H11F3N2O3/c26-25(27,28)24(32,14-23(31)18-9-5-2-6-10-18)21-16-29(15-17-7-3-1-4-8-17)22-13-19(30(33)34)11-12-20(21)22;18-17(19,20)16(23)14-10-21(9-11-4-2-1-3-5-11)15-8-12(22(24)25)6-7-13(14)15/h1-13,16,32H,14-15H2;1-8,10H,9H2. The van der Waals surface area contributed by atoms with E-state index >= 15 is 0 Å². The van der Waals surface area contributed by atoms with Crippen LogP contribution in [0, 0.1) is 20.2 Å². The maximum Gasteiger partial charge on any atom is 0.454 e. The summed E-state index contributed by atoms with van der Waals surface area (Å²) in [5.41, 5.74) is -3.21. The van der Waals surface area contributed by atoms with Gasteiger partial charge in [-0.05, 0) is 23.3 Å². The molecule has 0 fully saturated rings. The lowest BCUT2D eigenvalue weighted by Crippen LogP contribution is -2.44. The lowest BCUT2D eigenvalue weighted by Gasteiger charge is -2.30. The molecule has 0 saturated heterocycles. The Morgan fingerprint density at radius 2 is 1.05 bits per heavy atom. The van der Waals surface area contributed by atoms with Crippen molar-refractivity contribution in [1.82, 2.24) is 9.13 Å². The van der Waals surface area contributed by atoms with E-state index in [1.165, 1.54) is 51.6 Å². The molecule has 7 aromatic rings. The maximum atomic E-state index is 14.3. The molecule has 0 bridgehead atoms. The molecule has 302 valence electrons. The number of halogens is 6. The number of ketones is 2. The van der Waals surface area contributed by atoms with E-state index in [-0.39, 0.29) is 51.8 Å². The first kappa shape index (κ1) is 41.5. The molecule has 1 N–H and O–H groups in total. The van der Waals surface area contributed by atoms with E-state index in [4.69, 9.17) is 0 Å². The highest BCUT2D eigenvalue weighted by molar-refractivity contribution is 6.11. The van der Waals surface area contributed by atoms with Crippen molar-refractivity contribution < 1.29 is 50.9 Å². The van der Waals surface area contributed by atoms with Gasteiger partial charge in [0.05, 0.1) is 32.9 Å². The summed E-state index contributed by atoms with van der Waals surface area (Å²) >= 11 is 0. The van der Waals surface area contributed by atoms with E-state index in [0.29, 0.717) is 0 Å². The van der Waals surface area contributed by atoms with Crippen molar-refractivity contribution in [1.29, 1.82) is 0 Å². The Labute approximate surface area is 329 Å². The fourth-order valence-electron chi connectivity index (χ4n) is 6.58. The van der Waals surface area contributed by atoms with Crippen molar-refractivity contribution in [3.8, 4) is 0 Å². The minimum atomic E-state index is -5.19. The SMILES string of the molecule is O=C(CC(O)(c1cn(Cc2ccccc2)c2cc([N+](=O)[O-])ccc12)C(F)(F)F)c1ccccc1.O=C(c1cn(Cc2ccccc2)c2cc([N+](=O)[O-])ccc12)C(F)(F)F. The normalized spacial score (nSPS) is 12.7. The van der Waals surface area contributed by atoms with Gasteiger partial charge in [0.1, 0.15) is 0 Å². The summed E-state index contributed by atoms with van der Waals surface area (Å²) in [5.74, 6) is -2.86. The van der Waals surface area contributed by atoms with Crippen molar-refractivity contribution in [3.05, 3.63) is 188 Å². The number of rotatable bonds is 11. The molecule has 59 heavy (non-hydrogen) atoms. The second-order valence-electron chi connectivity index (χ2n) is 13.4. The first-order valence-electron chi connectivity index (χ1n) is 17.5. The molecule has 2 heterocycles. The first-order chi connectivity index (χ1) is 27.9. The van der Waals surface area contributed by atoms with Crippen molar-refractivity contribution in [3.63, 3.8) is 0 Å². The summed E-state index contributed by atoms with van der Waals surface area (Å²) in [6.07, 6.45) is -9.23. The van der Waals surface area contributed by atoms with E-state index in [1.54, 1.807) is 66.7 Å². The van der Waals surface area contributed by atoms with Gasteiger partial charge in [-0.2, -0.15) is 26.3 Å². The largest absolute Gasteiger partial charge is 0.454 e. The lowest BCUT2D eigenvalue weighted by molar-refractivity contribution is -0.384. The monoisotopic (exact) mass is 816 g/mol. The number of nitro groups is 2. The smallest absolute Gasteiger partial charge is 0.376 e. The fourth-order valence-corrected chi connectivity index (χ4v) is 6.58. The van der Waals surface area contributed by atoms with E-state index in [1.807, 2.05) is 0 Å². The van der Waals surface area contributed by atoms with Crippen LogP contribution in [-0.2, 0) is 18.7 Å². The average Bonchev–Trinajstić information content (AvgIpc) is 3.75. The molecule has 7 rings (SSSR count). The topological polar surface area (TPSA) is 151 Å². The highest BCUT2D eigenvalue weighted by Gasteiger charge is 2.57. The van der Waals surface area contributed by atoms with Gasteiger partial charge in [0.25, 0.3) is 17.2 Å². The van der Waals surface area contributed by atoms with E-state index in [0.717, 1.165) is 41.7 Å². The van der Waals surface area contributed by atoms with E-state index < -0.39 is 56.9 Å². The minimum Gasteiger partial charge on any atom is -0.376 e. The van der Waals surface area contributed by atoms with Gasteiger partial charge in [0.15, 0.2) is 11.4 Å². The summed E-state index contributed by atoms with van der Waals surface area (Å²) in [5, 5.41) is 33.3. The van der Waals surface area contributed by atoms with Crippen LogP contribution in [0.15, 0.2) is 140 Å². The predicted octanol–water partition coefficient (Wildman–Crippen LogP) is 9.96. The van der Waals surface area contributed by atoms with Crippen LogP contribution in [0.1, 0.15) is 43.8 Å². The molecule has 17 heteroatoms. The minimum absolute atomic E-state index is 0.0257. The molecule has 0 saturated carbocycles. The number of carbonyl (C=O) groups is 2. The number of aromatic nitrogens is 2. The molecule has 0 aliphatic rings. The molecule has 1 unspecified atom stereocenters. The van der Waals surface area contributed by atoms with Crippen LogP contribution >= 0.6 is 0 Å². The van der Waals surface area contributed by atoms with Crippen LogP contribution in [0.5, 0.6) is 0 Å². The van der Waals surface area contributed by atoms with Gasteiger partial charge in [0.2, 0.25) is 0 Å². The highest BCUT2D eigenvalue weighted by Crippen LogP contribution is 2.46. The second-order valence-corrected chi connectivity index (χ2v) is 13.4. The van der Waals surface area contributed by atoms with E-state index in [2.05, 4.69) is 0 Å². The van der Waals surface area contributed by atoms with Crippen LogP contribution < -0.4 is 0 Å². The van der Waals surface area contributed by atoms with Gasteiger partial charge < -0.3 is 14.2 Å². The Morgan fingerprint density at radius 3 is 1.51 bits per heavy atom. The summed E-state index contributed by atoms with van der Waals surface area (Å²) in [7, 11) is 0. The third-order valence-electron chi connectivity index (χ3n) is 9.47. The zero-order valence-corrected chi connectivity index (χ0v) is 30.4. The Hall–Kier alpha value is -7.14. The maximum absolute atomic E-state index is 14.3. The number of nitrogens with zero attached hydrogens (tertiary/aromatic N) is 4. The number of fused-ring (bicyclic) bond motifs is 2. The average molecular weight is 817 g/mol. The molecule has 0 spiro atoms. The quantitative estimate of drug-likeness (QED) is 0.0591. The third kappa shape index (κ3) is 8.89. The number of nitro benzene ring substituents is 2. The summed E-state index contributed by atoms with van der Waals surface area (Å²) in [6, 6.07) is 32.0. The Kier molecular flexibility index (Phi) is 11.5. The first-order valence-corrected chi connectivity index (χ1v) is 17.5. The number of Topliss-reactive ketones (excluding diaryl/α,β-unsaturated/α-hetero) is 2.